The van der Waals surface area contributed by atoms with Gasteiger partial charge in [-0.25, -0.2) is 14.4 Å². The first kappa shape index (κ1) is 62.6. The second-order valence-electron chi connectivity index (χ2n) is 24.7. The van der Waals surface area contributed by atoms with Crippen molar-refractivity contribution in [3.05, 3.63) is 43.0 Å². The fourth-order valence-corrected chi connectivity index (χ4v) is 16.4. The molecule has 1 amide bonds. The van der Waals surface area contributed by atoms with Gasteiger partial charge < -0.3 is 25.6 Å². The lowest BCUT2D eigenvalue weighted by Crippen LogP contribution is -2.58. The van der Waals surface area contributed by atoms with Crippen LogP contribution in [0.15, 0.2) is 20.9 Å². The number of fused-ring (bicyclic) bond motifs is 5. The molecular formula is C58H103N8O9P. The highest BCUT2D eigenvalue weighted by Gasteiger charge is 2.63. The molecule has 6 rings (SSSR count). The molecule has 4 aliphatic carbocycles. The van der Waals surface area contributed by atoms with Crippen LogP contribution >= 0.6 is 7.75 Å². The zero-order valence-corrected chi connectivity index (χ0v) is 48.6. The van der Waals surface area contributed by atoms with Crippen molar-refractivity contribution in [3.8, 4) is 0 Å². The number of aromatic nitrogens is 2. The minimum atomic E-state index is -3.83. The summed E-state index contributed by atoms with van der Waals surface area (Å²) in [5.74, 6) is 3.12. The Kier molecular flexibility index (Phi) is 25.9. The Morgan fingerprint density at radius 2 is 1.53 bits per heavy atom. The van der Waals surface area contributed by atoms with E-state index in [9.17, 15) is 34.7 Å². The summed E-state index contributed by atoms with van der Waals surface area (Å²) in [4.78, 5) is 43.0. The van der Waals surface area contributed by atoms with Crippen LogP contribution in [0.3, 0.4) is 0 Å². The number of carbonyl (C=O) groups is 1. The van der Waals surface area contributed by atoms with Crippen LogP contribution in [0.1, 0.15) is 226 Å². The monoisotopic (exact) mass is 1090 g/mol. The number of amides is 1. The largest absolute Gasteiger partial charge is 0.405 e. The van der Waals surface area contributed by atoms with E-state index in [0.717, 1.165) is 64.2 Å². The van der Waals surface area contributed by atoms with E-state index in [1.165, 1.54) is 113 Å². The van der Waals surface area contributed by atoms with Crippen molar-refractivity contribution in [2.45, 2.75) is 251 Å². The number of nitrogens with one attached hydrogen (secondary N) is 4. The molecule has 2 heterocycles. The smallest absolute Gasteiger partial charge is 0.393 e. The average molecular weight is 1090 g/mol. The Hall–Kier alpha value is -2.59. The maximum absolute atomic E-state index is 14.2. The molecule has 14 atom stereocenters. The summed E-state index contributed by atoms with van der Waals surface area (Å²) in [5.41, 5.74) is 8.64. The van der Waals surface area contributed by atoms with Crippen LogP contribution in [-0.2, 0) is 23.1 Å². The molecule has 434 valence electrons. The number of aryl methyl sites for hydroxylation is 1. The number of nitrogens with zero attached hydrogens (tertiary/aromatic N) is 4. The van der Waals surface area contributed by atoms with Gasteiger partial charge >= 0.3 is 13.4 Å². The number of aliphatic hydroxyl groups is 2. The first-order valence-electron chi connectivity index (χ1n) is 30.6. The number of hydrogen-bond acceptors (Lipinski definition) is 11. The molecule has 1 aromatic heterocycles. The van der Waals surface area contributed by atoms with E-state index < -0.39 is 37.4 Å². The van der Waals surface area contributed by atoms with E-state index in [4.69, 9.17) is 13.8 Å². The molecule has 0 spiro atoms. The molecule has 1 aromatic rings. The molecule has 76 heavy (non-hydrogen) atoms. The molecule has 0 bridgehead atoms. The molecule has 3 unspecified atom stereocenters. The summed E-state index contributed by atoms with van der Waals surface area (Å²) in [6.07, 6.45) is 30.6. The van der Waals surface area contributed by atoms with Gasteiger partial charge in [-0.05, 0) is 149 Å². The van der Waals surface area contributed by atoms with E-state index >= 15 is 0 Å². The number of aromatic amines is 1. The van der Waals surface area contributed by atoms with Gasteiger partial charge in [-0.3, -0.25) is 28.2 Å². The van der Waals surface area contributed by atoms with E-state index in [1.807, 2.05) is 0 Å². The fraction of sp³-hybridized carbons (Fsp3) is 0.914. The first-order valence-corrected chi connectivity index (χ1v) is 32.2. The third-order valence-electron chi connectivity index (χ3n) is 19.5. The number of ether oxygens (including phenoxy) is 1. The molecule has 6 N–H and O–H groups in total. The van der Waals surface area contributed by atoms with Gasteiger partial charge in [-0.2, -0.15) is 0 Å². The number of H-pyrrole nitrogens is 1. The van der Waals surface area contributed by atoms with Gasteiger partial charge in [0.05, 0.1) is 37.6 Å². The third kappa shape index (κ3) is 17.5. The topological polar surface area (TPSA) is 242 Å². The minimum Gasteiger partial charge on any atom is -0.393 e. The van der Waals surface area contributed by atoms with E-state index in [-0.39, 0.29) is 48.6 Å². The van der Waals surface area contributed by atoms with Crippen LogP contribution in [0, 0.1) is 53.3 Å². The van der Waals surface area contributed by atoms with Crippen LogP contribution in [0.25, 0.3) is 10.4 Å². The van der Waals surface area contributed by atoms with Gasteiger partial charge in [-0.1, -0.05) is 129 Å². The quantitative estimate of drug-likeness (QED) is 0.0121. The normalized spacial score (nSPS) is 31.2. The second kappa shape index (κ2) is 31.4. The molecule has 4 saturated carbocycles. The summed E-state index contributed by atoms with van der Waals surface area (Å²) in [5, 5.41) is 35.9. The lowest BCUT2D eigenvalue weighted by molar-refractivity contribution is -0.174. The summed E-state index contributed by atoms with van der Waals surface area (Å²) >= 11 is 0. The number of hydrogen-bond donors (Lipinski definition) is 6. The number of unbranched alkanes of at least 4 members (excludes halogenated alkanes) is 15. The molecule has 0 aromatic carbocycles. The zero-order chi connectivity index (χ0) is 54.6. The predicted octanol–water partition coefficient (Wildman–Crippen LogP) is 11.7. The highest BCUT2D eigenvalue weighted by molar-refractivity contribution is 7.51. The lowest BCUT2D eigenvalue weighted by Gasteiger charge is -2.62. The number of carbonyl (C=O) groups excluding carboxylic acids is 1. The molecule has 5 aliphatic rings. The van der Waals surface area contributed by atoms with Gasteiger partial charge in [0, 0.05) is 42.6 Å². The SMILES string of the molecule is CCCCCCCCCCCCCCCCCCOP(=O)(NCCCNCCCNC(=O)CCC(C)[C@H]1CC[C@H]2[C@@H]3CC[C@@H]4C[C@H](O)CC[C@]4(C)[C@H]3C[C@H](O)[C@]12C)OC[C@H]1O[C@@H](n2cc(C)c(=O)[nH]c2=O)CC1N=[N+]=[N-]. The Labute approximate surface area is 455 Å². The maximum atomic E-state index is 14.2. The third-order valence-corrected chi connectivity index (χ3v) is 21.2. The van der Waals surface area contributed by atoms with Crippen LogP contribution < -0.4 is 27.0 Å². The van der Waals surface area contributed by atoms with Gasteiger partial charge in [-0.15, -0.1) is 0 Å². The van der Waals surface area contributed by atoms with E-state index in [1.54, 1.807) is 6.92 Å². The van der Waals surface area contributed by atoms with Crippen molar-refractivity contribution in [3.63, 3.8) is 0 Å². The summed E-state index contributed by atoms with van der Waals surface area (Å²) < 4.78 is 33.6. The molecule has 1 aliphatic heterocycles. The Balaban J connectivity index is 0.868. The molecule has 1 saturated heterocycles. The average Bonchev–Trinajstić information content (AvgIpc) is 4.06. The maximum Gasteiger partial charge on any atom is 0.405 e. The number of aliphatic hydroxyl groups excluding tert-OH is 2. The summed E-state index contributed by atoms with van der Waals surface area (Å²) in [6, 6.07) is -0.711. The molecule has 18 heteroatoms. The number of rotatable bonds is 36. The van der Waals surface area contributed by atoms with Crippen molar-refractivity contribution in [1.29, 1.82) is 0 Å². The number of azide groups is 1. The standard InChI is InChI=1S/C58H103N8O9P/c1-6-7-8-9-10-11-12-13-14-15-16-17-18-19-20-21-36-73-76(72,74-41-51-50(64-65-59)39-54(75-51)66-40-43(3)55(70)63-56(66)71)62-35-23-33-60-32-22-34-61-53(69)29-24-42(2)47-27-28-48-46-26-25-44-37-45(67)30-31-57(44,4)49(46)38-52(68)58(47,48)5/h40,42,44-52,54,60,67-68H,6-39,41H2,1-5H3,(H,61,69)(H,62,72)(H,63,70,71)/t42?,44-,45-,46+,47-,48+,49+,50?,51-,52+,54-,57+,58-,76?/m1/s1. The molecular weight excluding hydrogens is 984 g/mol. The summed E-state index contributed by atoms with van der Waals surface area (Å²) in [6.45, 7) is 13.3. The Morgan fingerprint density at radius 1 is 0.868 bits per heavy atom. The van der Waals surface area contributed by atoms with Crippen molar-refractivity contribution < 1.29 is 33.4 Å². The van der Waals surface area contributed by atoms with Crippen molar-refractivity contribution in [2.75, 3.05) is 39.4 Å². The highest BCUT2D eigenvalue weighted by Crippen LogP contribution is 2.68. The Bertz CT molecular complexity index is 2120. The van der Waals surface area contributed by atoms with Crippen molar-refractivity contribution >= 4 is 13.7 Å². The van der Waals surface area contributed by atoms with Crippen LogP contribution in [0.2, 0.25) is 0 Å². The molecule has 17 nitrogen and oxygen atoms in total. The van der Waals surface area contributed by atoms with Gasteiger partial charge in [0.25, 0.3) is 5.56 Å². The zero-order valence-electron chi connectivity index (χ0n) is 47.7. The fourth-order valence-electron chi connectivity index (χ4n) is 15.0. The Morgan fingerprint density at radius 3 is 2.20 bits per heavy atom. The van der Waals surface area contributed by atoms with Gasteiger partial charge in [0.2, 0.25) is 5.91 Å². The van der Waals surface area contributed by atoms with Crippen LogP contribution in [-0.4, -0.2) is 89.4 Å². The summed E-state index contributed by atoms with van der Waals surface area (Å²) in [7, 11) is -3.83. The highest BCUT2D eigenvalue weighted by atomic mass is 31.2. The van der Waals surface area contributed by atoms with Crippen LogP contribution in [0.5, 0.6) is 0 Å². The van der Waals surface area contributed by atoms with Crippen molar-refractivity contribution in [1.82, 2.24) is 25.3 Å². The minimum absolute atomic E-state index is 0.0748. The van der Waals surface area contributed by atoms with Gasteiger partial charge in [0.1, 0.15) is 6.23 Å². The predicted molar refractivity (Wildman–Crippen MR) is 301 cm³/mol. The molecule has 5 fully saturated rings. The molecule has 0 radical (unpaired) electrons. The van der Waals surface area contributed by atoms with Crippen LogP contribution in [0.4, 0.5) is 0 Å². The van der Waals surface area contributed by atoms with E-state index in [2.05, 4.69) is 58.4 Å². The second-order valence-corrected chi connectivity index (χ2v) is 26.5. The van der Waals surface area contributed by atoms with E-state index in [0.29, 0.717) is 80.1 Å². The van der Waals surface area contributed by atoms with Gasteiger partial charge in [0.15, 0.2) is 0 Å². The first-order chi connectivity index (χ1) is 36.6. The van der Waals surface area contributed by atoms with Crippen molar-refractivity contribution in [2.24, 2.45) is 51.5 Å². The lowest BCUT2D eigenvalue weighted by atomic mass is 9.43.